The van der Waals surface area contributed by atoms with Crippen LogP contribution in [0.3, 0.4) is 0 Å². The minimum atomic E-state index is -5.04. The summed E-state index contributed by atoms with van der Waals surface area (Å²) < 4.78 is 84.6. The number of nitrogens with zero attached hydrogens (tertiary/aromatic N) is 3. The number of benzene rings is 2. The van der Waals surface area contributed by atoms with Gasteiger partial charge in [0.15, 0.2) is 10.7 Å². The molecular formula is C28H27ClF3N3O5S. The van der Waals surface area contributed by atoms with E-state index in [1.807, 2.05) is 0 Å². The van der Waals surface area contributed by atoms with Crippen LogP contribution in [0.4, 0.5) is 24.7 Å². The highest BCUT2D eigenvalue weighted by Crippen LogP contribution is 2.52. The van der Waals surface area contributed by atoms with Crippen LogP contribution in [0, 0.1) is 28.9 Å². The molecule has 1 aromatic heterocycles. The molecule has 0 unspecified atom stereocenters. The molecule has 2 heterocycles. The lowest BCUT2D eigenvalue weighted by Crippen LogP contribution is -2.40. The number of halogens is 4. The number of methoxy groups -OCH3 is 2. The van der Waals surface area contributed by atoms with E-state index in [0.29, 0.717) is 41.5 Å². The third-order valence-electron chi connectivity index (χ3n) is 7.77. The number of hydrogen-bond donors (Lipinski definition) is 0. The molecule has 5 rings (SSSR count). The lowest BCUT2D eigenvalue weighted by Gasteiger charge is -2.42. The first-order valence-corrected chi connectivity index (χ1v) is 14.6. The van der Waals surface area contributed by atoms with E-state index < -0.39 is 49.9 Å². The van der Waals surface area contributed by atoms with Gasteiger partial charge in [0.05, 0.1) is 26.5 Å². The summed E-state index contributed by atoms with van der Waals surface area (Å²) in [7, 11) is -2.23. The Kier molecular flexibility index (Phi) is 7.82. The number of aldehydes is 1. The van der Waals surface area contributed by atoms with E-state index in [1.54, 1.807) is 11.0 Å². The van der Waals surface area contributed by atoms with Crippen LogP contribution < -0.4 is 18.7 Å². The van der Waals surface area contributed by atoms with Gasteiger partial charge in [-0.15, -0.1) is 0 Å². The van der Waals surface area contributed by atoms with Gasteiger partial charge in [0.25, 0.3) is 10.0 Å². The van der Waals surface area contributed by atoms with Crippen LogP contribution in [-0.4, -0.2) is 47.0 Å². The smallest absolute Gasteiger partial charge is 0.271 e. The quantitative estimate of drug-likeness (QED) is 0.183. The van der Waals surface area contributed by atoms with Crippen molar-refractivity contribution >= 4 is 39.4 Å². The number of pyridine rings is 1. The zero-order chi connectivity index (χ0) is 29.5. The van der Waals surface area contributed by atoms with E-state index in [4.69, 9.17) is 21.1 Å². The second kappa shape index (κ2) is 11.1. The van der Waals surface area contributed by atoms with Crippen molar-refractivity contribution in [2.75, 3.05) is 36.5 Å². The molecule has 0 amide bonds. The molecule has 41 heavy (non-hydrogen) atoms. The van der Waals surface area contributed by atoms with Gasteiger partial charge in [0.2, 0.25) is 5.95 Å². The van der Waals surface area contributed by atoms with Crippen LogP contribution in [0.1, 0.15) is 24.8 Å². The van der Waals surface area contributed by atoms with Crippen molar-refractivity contribution in [3.8, 4) is 11.5 Å². The van der Waals surface area contributed by atoms with E-state index in [1.165, 1.54) is 38.5 Å². The van der Waals surface area contributed by atoms with Gasteiger partial charge in [-0.05, 0) is 48.9 Å². The fraction of sp³-hybridized carbons (Fsp3) is 0.357. The Morgan fingerprint density at radius 3 is 2.56 bits per heavy atom. The third-order valence-corrected chi connectivity index (χ3v) is 9.92. The van der Waals surface area contributed by atoms with E-state index in [2.05, 4.69) is 4.98 Å². The molecule has 2 aromatic carbocycles. The van der Waals surface area contributed by atoms with Gasteiger partial charge in [-0.2, -0.15) is 4.39 Å². The van der Waals surface area contributed by atoms with Crippen LogP contribution in [0.15, 0.2) is 47.4 Å². The van der Waals surface area contributed by atoms with Gasteiger partial charge in [0, 0.05) is 36.7 Å². The predicted molar refractivity (Wildman–Crippen MR) is 147 cm³/mol. The van der Waals surface area contributed by atoms with Gasteiger partial charge >= 0.3 is 0 Å². The van der Waals surface area contributed by atoms with Gasteiger partial charge in [-0.3, -0.25) is 0 Å². The van der Waals surface area contributed by atoms with Crippen LogP contribution in [0.2, 0.25) is 5.02 Å². The summed E-state index contributed by atoms with van der Waals surface area (Å²) in [5, 5.41) is -0.553. The molecule has 0 atom stereocenters. The van der Waals surface area contributed by atoms with Crippen LogP contribution >= 0.6 is 11.6 Å². The topological polar surface area (TPSA) is 89.0 Å². The maximum Gasteiger partial charge on any atom is 0.271 e. The molecule has 0 bridgehead atoms. The minimum Gasteiger partial charge on any atom is -0.497 e. The number of hydrogen-bond acceptors (Lipinski definition) is 7. The van der Waals surface area contributed by atoms with Crippen molar-refractivity contribution in [3.05, 3.63) is 70.6 Å². The Morgan fingerprint density at radius 1 is 1.15 bits per heavy atom. The highest BCUT2D eigenvalue weighted by Gasteiger charge is 2.49. The van der Waals surface area contributed by atoms with Crippen molar-refractivity contribution in [2.45, 2.75) is 30.7 Å². The molecular weight excluding hydrogens is 583 g/mol. The predicted octanol–water partition coefficient (Wildman–Crippen LogP) is 5.37. The fourth-order valence-electron chi connectivity index (χ4n) is 5.73. The molecule has 218 valence electrons. The average Bonchev–Trinajstić information content (AvgIpc) is 3.38. The Labute approximate surface area is 240 Å². The number of carbonyl (C=O) groups excluding carboxylic acids is 1. The molecule has 13 heteroatoms. The highest BCUT2D eigenvalue weighted by molar-refractivity contribution is 7.92. The molecule has 0 radical (unpaired) electrons. The molecule has 1 aliphatic heterocycles. The Morgan fingerprint density at radius 2 is 1.90 bits per heavy atom. The summed E-state index contributed by atoms with van der Waals surface area (Å²) in [6.45, 7) is 0.391. The summed E-state index contributed by atoms with van der Waals surface area (Å²) in [6, 6.07) is 8.92. The van der Waals surface area contributed by atoms with Gasteiger partial charge in [-0.1, -0.05) is 17.7 Å². The van der Waals surface area contributed by atoms with Crippen LogP contribution in [0.5, 0.6) is 11.5 Å². The first-order valence-electron chi connectivity index (χ1n) is 12.8. The Hall–Kier alpha value is -3.51. The van der Waals surface area contributed by atoms with E-state index in [9.17, 15) is 17.6 Å². The number of sulfonamides is 1. The second-order valence-electron chi connectivity index (χ2n) is 10.3. The van der Waals surface area contributed by atoms with Crippen LogP contribution in [-0.2, 0) is 21.4 Å². The molecule has 2 aliphatic rings. The largest absolute Gasteiger partial charge is 0.497 e. The maximum atomic E-state index is 15.8. The molecule has 1 spiro atoms. The van der Waals surface area contributed by atoms with Crippen molar-refractivity contribution < 1.29 is 35.9 Å². The van der Waals surface area contributed by atoms with Crippen molar-refractivity contribution in [2.24, 2.45) is 11.3 Å². The summed E-state index contributed by atoms with van der Waals surface area (Å²) in [4.78, 5) is 15.2. The minimum absolute atomic E-state index is 0.0271. The number of rotatable bonds is 9. The average molecular weight is 610 g/mol. The van der Waals surface area contributed by atoms with Gasteiger partial charge < -0.3 is 19.2 Å². The van der Waals surface area contributed by atoms with Crippen molar-refractivity contribution in [1.29, 1.82) is 0 Å². The van der Waals surface area contributed by atoms with Crippen LogP contribution in [0.25, 0.3) is 0 Å². The van der Waals surface area contributed by atoms with Gasteiger partial charge in [-0.25, -0.2) is 26.5 Å². The first kappa shape index (κ1) is 29.0. The third kappa shape index (κ3) is 5.30. The molecule has 1 saturated carbocycles. The first-order chi connectivity index (χ1) is 19.5. The summed E-state index contributed by atoms with van der Waals surface area (Å²) >= 11 is 6.35. The fourth-order valence-corrected chi connectivity index (χ4v) is 7.56. The number of ether oxygens (including phenoxy) is 2. The molecule has 3 aromatic rings. The van der Waals surface area contributed by atoms with E-state index in [-0.39, 0.29) is 22.8 Å². The van der Waals surface area contributed by atoms with E-state index >= 15 is 8.78 Å². The number of aromatic nitrogens is 1. The molecule has 1 saturated heterocycles. The zero-order valence-corrected chi connectivity index (χ0v) is 23.8. The summed E-state index contributed by atoms with van der Waals surface area (Å²) in [5.74, 6) is -3.59. The Bertz CT molecular complexity index is 1600. The van der Waals surface area contributed by atoms with Gasteiger partial charge in [0.1, 0.15) is 34.4 Å². The molecule has 1 aliphatic carbocycles. The lowest BCUT2D eigenvalue weighted by atomic mass is 9.62. The van der Waals surface area contributed by atoms with E-state index in [0.717, 1.165) is 24.8 Å². The maximum absolute atomic E-state index is 15.8. The standard InChI is InChI=1S/C28H27ClF3N3O5S/c1-39-19-7-6-18(22(10-19)40-2)14-35(24-5-3-4-23(31)33-24)41(37,38)27-20(30)11-21(25(29)26(27)32)34-9-8-28(16-34)12-17(13-28)15-36/h3-7,10-11,15,17H,8-9,12-14,16H2,1-2H3. The number of anilines is 2. The Balaban J connectivity index is 1.55. The second-order valence-corrected chi connectivity index (χ2v) is 12.5. The SMILES string of the molecule is COc1ccc(CN(c2cccc(F)n2)S(=O)(=O)c2c(F)cc(N3CCC4(CC(C=O)C4)C3)c(Cl)c2F)c(OC)c1. The summed E-state index contributed by atoms with van der Waals surface area (Å²) in [5.41, 5.74) is 0.186. The highest BCUT2D eigenvalue weighted by atomic mass is 35.5. The molecule has 2 fully saturated rings. The normalized spacial score (nSPS) is 20.1. The zero-order valence-electron chi connectivity index (χ0n) is 22.2. The molecule has 8 nitrogen and oxygen atoms in total. The lowest BCUT2D eigenvalue weighted by molar-refractivity contribution is -0.117. The van der Waals surface area contributed by atoms with Crippen molar-refractivity contribution in [1.82, 2.24) is 4.98 Å². The molecule has 0 N–H and O–H groups in total. The monoisotopic (exact) mass is 609 g/mol. The van der Waals surface area contributed by atoms with Crippen molar-refractivity contribution in [3.63, 3.8) is 0 Å². The summed E-state index contributed by atoms with van der Waals surface area (Å²) in [6.07, 6.45) is 3.01. The number of carbonyl (C=O) groups is 1.